The van der Waals surface area contributed by atoms with E-state index in [0.717, 1.165) is 30.5 Å². The van der Waals surface area contributed by atoms with E-state index in [4.69, 9.17) is 17.3 Å². The van der Waals surface area contributed by atoms with Gasteiger partial charge in [-0.15, -0.1) is 0 Å². The maximum atomic E-state index is 14.5. The van der Waals surface area contributed by atoms with E-state index < -0.39 is 48.8 Å². The summed E-state index contributed by atoms with van der Waals surface area (Å²) in [5, 5.41) is -2.07. The second-order valence-corrected chi connectivity index (χ2v) is 8.24. The average molecular weight is 431 g/mol. The number of nitrogens with zero attached hydrogens (tertiary/aromatic N) is 1. The molecule has 0 amide bonds. The second-order valence-electron chi connectivity index (χ2n) is 5.80. The molecule has 0 aliphatic rings. The Kier molecular flexibility index (Phi) is 5.31. The number of sulfone groups is 1. The van der Waals surface area contributed by atoms with Crippen LogP contribution < -0.4 is 5.73 Å². The van der Waals surface area contributed by atoms with E-state index in [1.807, 2.05) is 0 Å². The van der Waals surface area contributed by atoms with Crippen molar-refractivity contribution in [1.29, 1.82) is 0 Å². The number of halogens is 5. The van der Waals surface area contributed by atoms with Crippen LogP contribution in [0.5, 0.6) is 0 Å². The predicted molar refractivity (Wildman–Crippen MR) is 95.4 cm³/mol. The Morgan fingerprint density at radius 3 is 2.25 bits per heavy atom. The van der Waals surface area contributed by atoms with Crippen molar-refractivity contribution in [3.63, 3.8) is 0 Å². The lowest BCUT2D eigenvalue weighted by Gasteiger charge is -2.21. The van der Waals surface area contributed by atoms with Crippen LogP contribution in [0.2, 0.25) is 5.02 Å². The highest BCUT2D eigenvalue weighted by atomic mass is 35.5. The molecule has 4 nitrogen and oxygen atoms in total. The fourth-order valence-electron chi connectivity index (χ4n) is 2.68. The highest BCUT2D eigenvalue weighted by molar-refractivity contribution is 7.92. The number of pyridine rings is 1. The van der Waals surface area contributed by atoms with Crippen molar-refractivity contribution in [1.82, 2.24) is 4.98 Å². The number of hydrogen-bond acceptors (Lipinski definition) is 4. The lowest BCUT2D eigenvalue weighted by molar-refractivity contribution is 0.504. The normalized spacial score (nSPS) is 12.8. The lowest BCUT2D eigenvalue weighted by Crippen LogP contribution is -2.18. The average Bonchev–Trinajstić information content (AvgIpc) is 2.63. The molecule has 0 aliphatic heterocycles. The summed E-state index contributed by atoms with van der Waals surface area (Å²) in [4.78, 5) is 3.06. The molecule has 2 N–H and O–H groups in total. The van der Waals surface area contributed by atoms with Gasteiger partial charge in [0.05, 0.1) is 9.92 Å². The number of nitrogen functional groups attached to an aromatic ring is 1. The number of anilines is 1. The zero-order chi connectivity index (χ0) is 20.6. The molecule has 28 heavy (non-hydrogen) atoms. The van der Waals surface area contributed by atoms with Gasteiger partial charge in [-0.2, -0.15) is 0 Å². The van der Waals surface area contributed by atoms with E-state index in [2.05, 4.69) is 4.98 Å². The van der Waals surface area contributed by atoms with Crippen LogP contribution in [0.3, 0.4) is 0 Å². The summed E-state index contributed by atoms with van der Waals surface area (Å²) in [5.41, 5.74) is 4.83. The van der Waals surface area contributed by atoms with Crippen molar-refractivity contribution in [2.75, 3.05) is 5.73 Å². The first-order chi connectivity index (χ1) is 13.1. The van der Waals surface area contributed by atoms with Gasteiger partial charge in [-0.05, 0) is 48.0 Å². The van der Waals surface area contributed by atoms with Crippen LogP contribution in [0.15, 0.2) is 53.6 Å². The molecule has 0 saturated carbocycles. The van der Waals surface area contributed by atoms with Gasteiger partial charge < -0.3 is 5.73 Å². The molecule has 1 unspecified atom stereocenters. The molecule has 1 atom stereocenters. The minimum absolute atomic E-state index is 0.123. The molecule has 146 valence electrons. The van der Waals surface area contributed by atoms with Gasteiger partial charge in [-0.3, -0.25) is 0 Å². The van der Waals surface area contributed by atoms with Crippen molar-refractivity contribution in [3.8, 4) is 0 Å². The van der Waals surface area contributed by atoms with Crippen molar-refractivity contribution in [3.05, 3.63) is 88.1 Å². The van der Waals surface area contributed by atoms with Crippen LogP contribution in [0.1, 0.15) is 16.4 Å². The molecule has 3 aromatic rings. The van der Waals surface area contributed by atoms with Gasteiger partial charge in [-0.1, -0.05) is 11.6 Å². The van der Waals surface area contributed by atoms with Gasteiger partial charge in [0.15, 0.2) is 21.5 Å². The molecule has 0 spiro atoms. The molecule has 3 rings (SSSR count). The minimum Gasteiger partial charge on any atom is -0.384 e. The maximum Gasteiger partial charge on any atom is 0.189 e. The van der Waals surface area contributed by atoms with Crippen molar-refractivity contribution >= 4 is 27.3 Å². The Morgan fingerprint density at radius 2 is 1.57 bits per heavy atom. The van der Waals surface area contributed by atoms with Crippen LogP contribution in [-0.2, 0) is 9.84 Å². The Labute approximate surface area is 162 Å². The quantitative estimate of drug-likeness (QED) is 0.490. The number of aromatic nitrogens is 1. The van der Waals surface area contributed by atoms with Gasteiger partial charge >= 0.3 is 0 Å². The van der Waals surface area contributed by atoms with E-state index in [-0.39, 0.29) is 16.4 Å². The molecule has 1 heterocycles. The van der Waals surface area contributed by atoms with Gasteiger partial charge in [0.25, 0.3) is 0 Å². The fraction of sp³-hybridized carbons (Fsp3) is 0.0556. The highest BCUT2D eigenvalue weighted by Gasteiger charge is 2.35. The van der Waals surface area contributed by atoms with Crippen LogP contribution in [0.25, 0.3) is 0 Å². The van der Waals surface area contributed by atoms with Crippen molar-refractivity contribution in [2.45, 2.75) is 10.1 Å². The molecule has 1 aromatic heterocycles. The molecule has 10 heteroatoms. The second kappa shape index (κ2) is 7.40. The van der Waals surface area contributed by atoms with E-state index in [1.54, 1.807) is 0 Å². The zero-order valence-corrected chi connectivity index (χ0v) is 15.4. The van der Waals surface area contributed by atoms with Gasteiger partial charge in [-0.25, -0.2) is 31.0 Å². The Bertz CT molecular complexity index is 1120. The van der Waals surface area contributed by atoms with Gasteiger partial charge in [0.1, 0.15) is 22.7 Å². The molecule has 0 bridgehead atoms. The summed E-state index contributed by atoms with van der Waals surface area (Å²) < 4.78 is 81.6. The lowest BCUT2D eigenvalue weighted by atomic mass is 10.0. The monoisotopic (exact) mass is 430 g/mol. The SMILES string of the molecule is Nc1cc(C(c2cc(F)ccc2F)S(=O)(=O)c2ccc(F)c(F)c2)c(Cl)cn1. The third kappa shape index (κ3) is 3.67. The van der Waals surface area contributed by atoms with E-state index in [9.17, 15) is 26.0 Å². The first-order valence-corrected chi connectivity index (χ1v) is 9.58. The summed E-state index contributed by atoms with van der Waals surface area (Å²) in [6.45, 7) is 0. The molecule has 0 aliphatic carbocycles. The fourth-order valence-corrected chi connectivity index (χ4v) is 4.80. The van der Waals surface area contributed by atoms with E-state index in [1.165, 1.54) is 0 Å². The predicted octanol–water partition coefficient (Wildman–Crippen LogP) is 4.44. The van der Waals surface area contributed by atoms with Crippen LogP contribution in [-0.4, -0.2) is 13.4 Å². The number of nitrogens with two attached hydrogens (primary N) is 1. The first-order valence-electron chi connectivity index (χ1n) is 7.66. The van der Waals surface area contributed by atoms with Crippen LogP contribution in [0.4, 0.5) is 23.4 Å². The first kappa shape index (κ1) is 20.1. The smallest absolute Gasteiger partial charge is 0.189 e. The summed E-state index contributed by atoms with van der Waals surface area (Å²) in [6.07, 6.45) is 1.05. The molecule has 0 radical (unpaired) electrons. The molecule has 0 fully saturated rings. The molecular weight excluding hydrogens is 420 g/mol. The minimum atomic E-state index is -4.61. The van der Waals surface area contributed by atoms with E-state index in [0.29, 0.717) is 18.2 Å². The Balaban J connectivity index is 2.34. The Morgan fingerprint density at radius 1 is 0.893 bits per heavy atom. The van der Waals surface area contributed by atoms with Crippen LogP contribution >= 0.6 is 11.6 Å². The molecule has 2 aromatic carbocycles. The Hall–Kier alpha value is -2.65. The summed E-state index contributed by atoms with van der Waals surface area (Å²) in [5.74, 6) is -4.75. The summed E-state index contributed by atoms with van der Waals surface area (Å²) in [7, 11) is -4.61. The largest absolute Gasteiger partial charge is 0.384 e. The molecular formula is C18H11ClF4N2O2S. The maximum absolute atomic E-state index is 14.5. The zero-order valence-electron chi connectivity index (χ0n) is 13.8. The van der Waals surface area contributed by atoms with Gasteiger partial charge in [0, 0.05) is 11.8 Å². The van der Waals surface area contributed by atoms with Crippen molar-refractivity contribution in [2.24, 2.45) is 0 Å². The number of hydrogen-bond donors (Lipinski definition) is 1. The third-order valence-electron chi connectivity index (χ3n) is 3.96. The number of rotatable bonds is 4. The van der Waals surface area contributed by atoms with Crippen LogP contribution in [0, 0.1) is 23.3 Å². The highest BCUT2D eigenvalue weighted by Crippen LogP contribution is 2.40. The van der Waals surface area contributed by atoms with Crippen molar-refractivity contribution < 1.29 is 26.0 Å². The standard InChI is InChI=1S/C18H11ClF4N2O2S/c19-13-8-25-17(24)7-11(13)18(12-5-9(20)1-3-14(12)21)28(26,27)10-2-4-15(22)16(23)6-10/h1-8,18H,(H2,24,25). The summed E-state index contributed by atoms with van der Waals surface area (Å²) in [6, 6.07) is 5.21. The van der Waals surface area contributed by atoms with E-state index >= 15 is 0 Å². The molecule has 0 saturated heterocycles. The topological polar surface area (TPSA) is 73.1 Å². The number of benzene rings is 2. The summed E-state index contributed by atoms with van der Waals surface area (Å²) >= 11 is 6.05. The van der Waals surface area contributed by atoms with Gasteiger partial charge in [0.2, 0.25) is 0 Å². The third-order valence-corrected chi connectivity index (χ3v) is 6.31.